The molecule has 0 aliphatic carbocycles. The second kappa shape index (κ2) is 8.45. The first kappa shape index (κ1) is 21.5. The number of hydrogen-bond acceptors (Lipinski definition) is 4. The zero-order valence-corrected chi connectivity index (χ0v) is 18.1. The predicted molar refractivity (Wildman–Crippen MR) is 120 cm³/mol. The van der Waals surface area contributed by atoms with Gasteiger partial charge in [0.05, 0.1) is 11.4 Å². The number of carbonyl (C=O) groups excluding carboxylic acids is 4. The molecule has 8 nitrogen and oxygen atoms in total. The lowest BCUT2D eigenvalue weighted by atomic mass is 9.93. The Morgan fingerprint density at radius 3 is 2.50 bits per heavy atom. The molecular weight excluding hydrogens is 408 g/mol. The highest BCUT2D eigenvalue weighted by atomic mass is 16.2. The van der Waals surface area contributed by atoms with Crippen molar-refractivity contribution >= 4 is 35.1 Å². The predicted octanol–water partition coefficient (Wildman–Crippen LogP) is 2.69. The van der Waals surface area contributed by atoms with Crippen LogP contribution in [0.3, 0.4) is 0 Å². The average molecular weight is 434 g/mol. The molecule has 4 rings (SSSR count). The SMILES string of the molecule is C[C@H]1CC(=O)Nc2ccccc2N1C(=O)CN1C(=O)N[C@@](C)(CCc2ccccc2)C1=O. The number of nitrogens with zero attached hydrogens (tertiary/aromatic N) is 2. The van der Waals surface area contributed by atoms with Crippen molar-refractivity contribution in [3.05, 3.63) is 60.2 Å². The number of imide groups is 1. The van der Waals surface area contributed by atoms with Crippen molar-refractivity contribution in [2.24, 2.45) is 0 Å². The molecule has 0 bridgehead atoms. The van der Waals surface area contributed by atoms with Crippen LogP contribution in [0.2, 0.25) is 0 Å². The van der Waals surface area contributed by atoms with E-state index in [1.807, 2.05) is 30.3 Å². The molecule has 0 radical (unpaired) electrons. The van der Waals surface area contributed by atoms with E-state index in [1.165, 1.54) is 4.90 Å². The number of hydrogen-bond donors (Lipinski definition) is 2. The third-order valence-corrected chi connectivity index (χ3v) is 6.02. The van der Waals surface area contributed by atoms with Crippen LogP contribution in [-0.2, 0) is 20.8 Å². The third kappa shape index (κ3) is 4.08. The minimum Gasteiger partial charge on any atom is -0.324 e. The monoisotopic (exact) mass is 434 g/mol. The lowest BCUT2D eigenvalue weighted by Crippen LogP contribution is -2.48. The minimum absolute atomic E-state index is 0.120. The van der Waals surface area contributed by atoms with Crippen molar-refractivity contribution in [3.8, 4) is 0 Å². The number of aryl methyl sites for hydroxylation is 1. The van der Waals surface area contributed by atoms with E-state index in [2.05, 4.69) is 10.6 Å². The summed E-state index contributed by atoms with van der Waals surface area (Å²) in [5.74, 6) is -1.03. The fourth-order valence-electron chi connectivity index (χ4n) is 4.28. The quantitative estimate of drug-likeness (QED) is 0.707. The van der Waals surface area contributed by atoms with Crippen molar-refractivity contribution in [2.75, 3.05) is 16.8 Å². The Morgan fingerprint density at radius 1 is 1.06 bits per heavy atom. The van der Waals surface area contributed by atoms with Crippen molar-refractivity contribution in [2.45, 2.75) is 44.7 Å². The molecule has 2 atom stereocenters. The minimum atomic E-state index is -1.08. The van der Waals surface area contributed by atoms with Crippen LogP contribution in [0.15, 0.2) is 54.6 Å². The summed E-state index contributed by atoms with van der Waals surface area (Å²) in [5.41, 5.74) is 1.07. The Bertz CT molecular complexity index is 1070. The molecule has 1 fully saturated rings. The van der Waals surface area contributed by atoms with E-state index in [9.17, 15) is 19.2 Å². The van der Waals surface area contributed by atoms with Crippen molar-refractivity contribution in [1.29, 1.82) is 0 Å². The lowest BCUT2D eigenvalue weighted by molar-refractivity contribution is -0.134. The van der Waals surface area contributed by atoms with Gasteiger partial charge in [0, 0.05) is 12.5 Å². The standard InChI is InChI=1S/C24H26N4O4/c1-16-14-20(29)25-18-10-6-7-11-19(18)28(16)21(30)15-27-22(31)24(2,26-23(27)32)13-12-17-8-4-3-5-9-17/h3-11,16H,12-15H2,1-2H3,(H,25,29)(H,26,32)/t16-,24-/m0/s1. The first-order valence-electron chi connectivity index (χ1n) is 10.7. The molecule has 1 saturated heterocycles. The third-order valence-electron chi connectivity index (χ3n) is 6.02. The molecule has 2 heterocycles. The van der Waals surface area contributed by atoms with Crippen LogP contribution < -0.4 is 15.5 Å². The maximum atomic E-state index is 13.3. The summed E-state index contributed by atoms with van der Waals surface area (Å²) >= 11 is 0. The number of urea groups is 1. The van der Waals surface area contributed by atoms with Gasteiger partial charge >= 0.3 is 6.03 Å². The van der Waals surface area contributed by atoms with Crippen LogP contribution >= 0.6 is 0 Å². The van der Waals surface area contributed by atoms with Crippen LogP contribution in [0.4, 0.5) is 16.2 Å². The van der Waals surface area contributed by atoms with Gasteiger partial charge < -0.3 is 15.5 Å². The molecule has 166 valence electrons. The van der Waals surface area contributed by atoms with Gasteiger partial charge in [0.2, 0.25) is 11.8 Å². The largest absolute Gasteiger partial charge is 0.325 e. The van der Waals surface area contributed by atoms with Gasteiger partial charge in [0.25, 0.3) is 5.91 Å². The molecule has 2 aliphatic heterocycles. The van der Waals surface area contributed by atoms with E-state index < -0.39 is 36.0 Å². The summed E-state index contributed by atoms with van der Waals surface area (Å²) < 4.78 is 0. The molecule has 5 amide bonds. The Balaban J connectivity index is 1.51. The first-order valence-corrected chi connectivity index (χ1v) is 10.7. The number of benzene rings is 2. The lowest BCUT2D eigenvalue weighted by Gasteiger charge is -2.29. The molecular formula is C24H26N4O4. The molecule has 2 aromatic carbocycles. The molecule has 2 aliphatic rings. The van der Waals surface area contributed by atoms with Crippen LogP contribution in [0.25, 0.3) is 0 Å². The number of amides is 5. The number of anilines is 2. The number of carbonyl (C=O) groups is 4. The van der Waals surface area contributed by atoms with E-state index in [1.54, 1.807) is 38.1 Å². The Kier molecular flexibility index (Phi) is 5.69. The van der Waals surface area contributed by atoms with Crippen molar-refractivity contribution in [1.82, 2.24) is 10.2 Å². The Labute approximate surface area is 186 Å². The smallest absolute Gasteiger partial charge is 0.324 e. The Morgan fingerprint density at radius 2 is 1.75 bits per heavy atom. The molecule has 8 heteroatoms. The highest BCUT2D eigenvalue weighted by Gasteiger charge is 2.48. The van der Waals surface area contributed by atoms with Gasteiger partial charge in [-0.1, -0.05) is 42.5 Å². The highest BCUT2D eigenvalue weighted by molar-refractivity contribution is 6.11. The van der Waals surface area contributed by atoms with E-state index in [-0.39, 0.29) is 12.3 Å². The molecule has 2 N–H and O–H groups in total. The summed E-state index contributed by atoms with van der Waals surface area (Å²) in [4.78, 5) is 53.7. The van der Waals surface area contributed by atoms with Gasteiger partial charge in [-0.2, -0.15) is 0 Å². The fraction of sp³-hybridized carbons (Fsp3) is 0.333. The van der Waals surface area contributed by atoms with E-state index in [0.717, 1.165) is 10.5 Å². The maximum absolute atomic E-state index is 13.3. The van der Waals surface area contributed by atoms with Crippen LogP contribution in [0.1, 0.15) is 32.3 Å². The molecule has 32 heavy (non-hydrogen) atoms. The maximum Gasteiger partial charge on any atom is 0.325 e. The second-order valence-electron chi connectivity index (χ2n) is 8.52. The van der Waals surface area contributed by atoms with Crippen molar-refractivity contribution < 1.29 is 19.2 Å². The molecule has 0 saturated carbocycles. The summed E-state index contributed by atoms with van der Waals surface area (Å²) in [6, 6.07) is 15.7. The van der Waals surface area contributed by atoms with Gasteiger partial charge in [-0.15, -0.1) is 0 Å². The second-order valence-corrected chi connectivity index (χ2v) is 8.52. The normalized spacial score (nSPS) is 22.8. The van der Waals surface area contributed by atoms with E-state index in [0.29, 0.717) is 24.2 Å². The van der Waals surface area contributed by atoms with Crippen LogP contribution in [-0.4, -0.2) is 46.8 Å². The topological polar surface area (TPSA) is 98.8 Å². The fourth-order valence-corrected chi connectivity index (χ4v) is 4.28. The number of nitrogens with one attached hydrogen (secondary N) is 2. The van der Waals surface area contributed by atoms with Crippen LogP contribution in [0, 0.1) is 0 Å². The molecule has 2 aromatic rings. The Hall–Kier alpha value is -3.68. The first-order chi connectivity index (χ1) is 15.3. The molecule has 0 aromatic heterocycles. The summed E-state index contributed by atoms with van der Waals surface area (Å²) in [5, 5.41) is 5.56. The average Bonchev–Trinajstić information content (AvgIpc) is 2.89. The van der Waals surface area contributed by atoms with Gasteiger partial charge in [-0.3, -0.25) is 19.3 Å². The van der Waals surface area contributed by atoms with Crippen molar-refractivity contribution in [3.63, 3.8) is 0 Å². The summed E-state index contributed by atoms with van der Waals surface area (Å²) in [6.45, 7) is 3.07. The molecule has 0 spiro atoms. The zero-order chi connectivity index (χ0) is 22.9. The van der Waals surface area contributed by atoms with Gasteiger partial charge in [0.15, 0.2) is 0 Å². The van der Waals surface area contributed by atoms with E-state index >= 15 is 0 Å². The van der Waals surface area contributed by atoms with Gasteiger partial charge in [-0.05, 0) is 44.4 Å². The zero-order valence-electron chi connectivity index (χ0n) is 18.1. The summed E-state index contributed by atoms with van der Waals surface area (Å²) in [7, 11) is 0. The number of fused-ring (bicyclic) bond motifs is 1. The number of para-hydroxylation sites is 2. The van der Waals surface area contributed by atoms with Gasteiger partial charge in [0.1, 0.15) is 12.1 Å². The van der Waals surface area contributed by atoms with E-state index in [4.69, 9.17) is 0 Å². The summed E-state index contributed by atoms with van der Waals surface area (Å²) in [6.07, 6.45) is 1.17. The molecule has 0 unspecified atom stereocenters. The van der Waals surface area contributed by atoms with Crippen LogP contribution in [0.5, 0.6) is 0 Å². The van der Waals surface area contributed by atoms with Gasteiger partial charge in [-0.25, -0.2) is 4.79 Å². The number of rotatable bonds is 5. The highest BCUT2D eigenvalue weighted by Crippen LogP contribution is 2.32.